The fourth-order valence-corrected chi connectivity index (χ4v) is 5.91. The highest BCUT2D eigenvalue weighted by molar-refractivity contribution is 5.88. The molecule has 2 aliphatic heterocycles. The summed E-state index contributed by atoms with van der Waals surface area (Å²) in [5, 5.41) is 10.4. The number of likely N-dealkylation sites (tertiary alicyclic amines) is 1. The van der Waals surface area contributed by atoms with Gasteiger partial charge in [-0.15, -0.1) is 0 Å². The summed E-state index contributed by atoms with van der Waals surface area (Å²) < 4.78 is 7.13. The van der Waals surface area contributed by atoms with Crippen LogP contribution in [0.15, 0.2) is 12.1 Å². The number of piperidine rings is 1. The average Bonchev–Trinajstić information content (AvgIpc) is 2.82. The normalized spacial score (nSPS) is 40.1. The summed E-state index contributed by atoms with van der Waals surface area (Å²) in [5.74, 6) is 1.98. The number of rotatable bonds is 0. The minimum atomic E-state index is -0.315. The number of ether oxygens (including phenoxy) is 1. The van der Waals surface area contributed by atoms with Crippen LogP contribution in [-0.4, -0.2) is 48.2 Å². The van der Waals surface area contributed by atoms with E-state index in [1.165, 1.54) is 5.56 Å². The van der Waals surface area contributed by atoms with E-state index in [4.69, 9.17) is 4.74 Å². The molecule has 1 aromatic carbocycles. The smallest absolute Gasteiger partial charge is 0.174 e. The minimum Gasteiger partial charge on any atom is -0.508 e. The third kappa shape index (κ3) is 1.23. The molecule has 4 heteroatoms. The zero-order valence-electron chi connectivity index (χ0n) is 13.1. The van der Waals surface area contributed by atoms with Gasteiger partial charge in [0.05, 0.1) is 32.1 Å². The third-order valence-corrected chi connectivity index (χ3v) is 6.96. The predicted molar refractivity (Wildman–Crippen MR) is 81.0 cm³/mol. The predicted octanol–water partition coefficient (Wildman–Crippen LogP) is 1.77. The standard InChI is InChI=1S/C18H21NO3/c1-19(2)8-7-18-11-3-4-14(21)17(18)22-15-6-5-13(20)10(16(15)18)9-12(11)19/h5-6,11-12,17H,3-4,7-9H2,1-2H3/p+1/t11-,12-,17?,18+/m0/s1. The summed E-state index contributed by atoms with van der Waals surface area (Å²) in [6, 6.07) is 4.07. The number of carbonyl (C=O) groups excluding carboxylic acids is 1. The zero-order valence-corrected chi connectivity index (χ0v) is 13.1. The highest BCUT2D eigenvalue weighted by Crippen LogP contribution is 2.63. The molecular formula is C18H22NO3+. The number of ketones is 1. The Balaban J connectivity index is 1.83. The van der Waals surface area contributed by atoms with Gasteiger partial charge in [-0.25, -0.2) is 0 Å². The van der Waals surface area contributed by atoms with Gasteiger partial charge in [0.15, 0.2) is 11.9 Å². The van der Waals surface area contributed by atoms with Crippen LogP contribution in [0.3, 0.4) is 0 Å². The first-order valence-electron chi connectivity index (χ1n) is 8.32. The molecule has 4 atom stereocenters. The van der Waals surface area contributed by atoms with E-state index in [1.807, 2.05) is 6.07 Å². The van der Waals surface area contributed by atoms with Crippen molar-refractivity contribution in [2.45, 2.75) is 43.2 Å². The number of quaternary nitrogens is 1. The first kappa shape index (κ1) is 12.9. The van der Waals surface area contributed by atoms with Crippen LogP contribution in [-0.2, 0) is 16.6 Å². The number of benzene rings is 1. The van der Waals surface area contributed by atoms with Crippen molar-refractivity contribution < 1.29 is 19.1 Å². The average molecular weight is 300 g/mol. The van der Waals surface area contributed by atoms with Crippen LogP contribution in [0.2, 0.25) is 0 Å². The second kappa shape index (κ2) is 3.67. The lowest BCUT2D eigenvalue weighted by atomic mass is 9.51. The lowest BCUT2D eigenvalue weighted by Crippen LogP contribution is -2.70. The van der Waals surface area contributed by atoms with Crippen LogP contribution in [0, 0.1) is 5.92 Å². The summed E-state index contributed by atoms with van der Waals surface area (Å²) in [7, 11) is 4.59. The molecule has 1 N–H and O–H groups in total. The number of phenols is 1. The van der Waals surface area contributed by atoms with Gasteiger partial charge in [-0.1, -0.05) is 0 Å². The lowest BCUT2D eigenvalue weighted by Gasteiger charge is -2.59. The maximum atomic E-state index is 12.6. The van der Waals surface area contributed by atoms with Crippen molar-refractivity contribution in [3.63, 3.8) is 0 Å². The number of nitrogens with zero attached hydrogens (tertiary/aromatic N) is 1. The molecule has 2 fully saturated rings. The SMILES string of the molecule is C[N+]1(C)CC[C@]23c4c5ccc(O)c4C[C@H]1[C@@H]2CCC(=O)C3O5. The van der Waals surface area contributed by atoms with Gasteiger partial charge in [0, 0.05) is 36.3 Å². The molecule has 1 unspecified atom stereocenters. The van der Waals surface area contributed by atoms with Gasteiger partial charge in [0.1, 0.15) is 11.5 Å². The monoisotopic (exact) mass is 300 g/mol. The number of Topliss-reactive ketones (excluding diaryl/α,β-unsaturated/α-hetero) is 1. The molecule has 1 saturated carbocycles. The van der Waals surface area contributed by atoms with Crippen molar-refractivity contribution >= 4 is 5.78 Å². The highest BCUT2D eigenvalue weighted by Gasteiger charge is 2.68. The molecule has 22 heavy (non-hydrogen) atoms. The second-order valence-corrected chi connectivity index (χ2v) is 8.11. The first-order valence-corrected chi connectivity index (χ1v) is 8.32. The first-order chi connectivity index (χ1) is 10.4. The van der Waals surface area contributed by atoms with Gasteiger partial charge in [-0.3, -0.25) is 4.79 Å². The molecule has 2 bridgehead atoms. The van der Waals surface area contributed by atoms with E-state index < -0.39 is 0 Å². The highest BCUT2D eigenvalue weighted by atomic mass is 16.5. The maximum Gasteiger partial charge on any atom is 0.174 e. The van der Waals surface area contributed by atoms with Crippen molar-refractivity contribution in [1.29, 1.82) is 0 Å². The van der Waals surface area contributed by atoms with Crippen molar-refractivity contribution in [3.8, 4) is 11.5 Å². The summed E-state index contributed by atoms with van der Waals surface area (Å²) in [6.07, 6.45) is 3.19. The van der Waals surface area contributed by atoms with Crippen LogP contribution in [0.25, 0.3) is 0 Å². The number of hydrogen-bond acceptors (Lipinski definition) is 3. The Morgan fingerprint density at radius 3 is 3.00 bits per heavy atom. The van der Waals surface area contributed by atoms with Crippen LogP contribution >= 0.6 is 0 Å². The molecule has 0 amide bonds. The van der Waals surface area contributed by atoms with Crippen LogP contribution in [0.5, 0.6) is 11.5 Å². The van der Waals surface area contributed by atoms with Gasteiger partial charge >= 0.3 is 0 Å². The second-order valence-electron chi connectivity index (χ2n) is 8.11. The van der Waals surface area contributed by atoms with Gasteiger partial charge in [-0.05, 0) is 18.6 Å². The quantitative estimate of drug-likeness (QED) is 0.743. The molecule has 4 nitrogen and oxygen atoms in total. The third-order valence-electron chi connectivity index (χ3n) is 6.96. The van der Waals surface area contributed by atoms with E-state index in [2.05, 4.69) is 14.1 Å². The van der Waals surface area contributed by atoms with E-state index in [-0.39, 0.29) is 17.3 Å². The summed E-state index contributed by atoms with van der Waals surface area (Å²) in [6.45, 7) is 1.07. The number of phenolic OH excluding ortho intramolecular Hbond substituents is 1. The van der Waals surface area contributed by atoms with E-state index in [0.29, 0.717) is 24.1 Å². The van der Waals surface area contributed by atoms with Crippen molar-refractivity contribution in [1.82, 2.24) is 0 Å². The molecule has 0 aromatic heterocycles. The summed E-state index contributed by atoms with van der Waals surface area (Å²) in [5.41, 5.74) is 2.04. The Labute approximate surface area is 130 Å². The Bertz CT molecular complexity index is 711. The Morgan fingerprint density at radius 2 is 2.18 bits per heavy atom. The Hall–Kier alpha value is -1.55. The summed E-state index contributed by atoms with van der Waals surface area (Å²) in [4.78, 5) is 12.6. The van der Waals surface area contributed by atoms with Gasteiger partial charge in [0.2, 0.25) is 0 Å². The topological polar surface area (TPSA) is 46.5 Å². The number of aromatic hydroxyl groups is 1. The molecule has 2 heterocycles. The Morgan fingerprint density at radius 1 is 1.36 bits per heavy atom. The molecule has 2 aliphatic carbocycles. The lowest BCUT2D eigenvalue weighted by molar-refractivity contribution is -0.927. The molecule has 116 valence electrons. The van der Waals surface area contributed by atoms with Crippen molar-refractivity contribution in [3.05, 3.63) is 23.3 Å². The van der Waals surface area contributed by atoms with Crippen molar-refractivity contribution in [2.75, 3.05) is 20.6 Å². The van der Waals surface area contributed by atoms with Crippen molar-refractivity contribution in [2.24, 2.45) is 5.92 Å². The molecule has 5 rings (SSSR count). The van der Waals surface area contributed by atoms with Gasteiger partial charge < -0.3 is 14.3 Å². The largest absolute Gasteiger partial charge is 0.508 e. The molecule has 1 aromatic rings. The van der Waals surface area contributed by atoms with Gasteiger partial charge in [0.25, 0.3) is 0 Å². The van der Waals surface area contributed by atoms with Crippen LogP contribution in [0.1, 0.15) is 30.4 Å². The number of carbonyl (C=O) groups is 1. The number of hydrogen-bond donors (Lipinski definition) is 1. The molecule has 4 aliphatic rings. The van der Waals surface area contributed by atoms with E-state index >= 15 is 0 Å². The van der Waals surface area contributed by atoms with E-state index in [1.54, 1.807) is 6.07 Å². The maximum absolute atomic E-state index is 12.6. The van der Waals surface area contributed by atoms with Crippen LogP contribution < -0.4 is 4.74 Å². The molecule has 0 radical (unpaired) electrons. The fourth-order valence-electron chi connectivity index (χ4n) is 5.91. The fraction of sp³-hybridized carbons (Fsp3) is 0.611. The van der Waals surface area contributed by atoms with E-state index in [9.17, 15) is 9.90 Å². The molecule has 1 spiro atoms. The molecular weight excluding hydrogens is 278 g/mol. The minimum absolute atomic E-state index is 0.171. The summed E-state index contributed by atoms with van der Waals surface area (Å²) >= 11 is 0. The number of likely N-dealkylation sites (N-methyl/N-ethyl adjacent to an activating group) is 1. The zero-order chi connectivity index (χ0) is 15.3. The van der Waals surface area contributed by atoms with Gasteiger partial charge in [-0.2, -0.15) is 0 Å². The van der Waals surface area contributed by atoms with E-state index in [0.717, 1.165) is 41.6 Å². The molecule has 1 saturated heterocycles. The Kier molecular flexibility index (Phi) is 2.16. The van der Waals surface area contributed by atoms with Crippen LogP contribution in [0.4, 0.5) is 0 Å².